The number of carbonyl (C=O) groups is 1. The maximum absolute atomic E-state index is 12.6. The Morgan fingerprint density at radius 3 is 3.10 bits per heavy atom. The van der Waals surface area contributed by atoms with Gasteiger partial charge in [-0.15, -0.1) is 16.4 Å². The average molecular weight is 307 g/mol. The maximum atomic E-state index is 12.6. The van der Waals surface area contributed by atoms with Gasteiger partial charge in [-0.05, 0) is 34.7 Å². The zero-order valence-electron chi connectivity index (χ0n) is 11.7. The number of aromatic nitrogens is 4. The maximum Gasteiger partial charge on any atom is 0.265 e. The summed E-state index contributed by atoms with van der Waals surface area (Å²) in [6.45, 7) is 0.576. The second-order valence-corrected chi connectivity index (χ2v) is 6.25. The van der Waals surface area contributed by atoms with E-state index in [-0.39, 0.29) is 17.9 Å². The molecule has 2 heterocycles. The van der Waals surface area contributed by atoms with Crippen LogP contribution in [-0.2, 0) is 0 Å². The summed E-state index contributed by atoms with van der Waals surface area (Å²) in [5.41, 5.74) is 0.689. The summed E-state index contributed by atoms with van der Waals surface area (Å²) >= 11 is 1.37. The predicted molar refractivity (Wildman–Crippen MR) is 77.3 cm³/mol. The average Bonchev–Trinajstić information content (AvgIpc) is 3.18. The second kappa shape index (κ2) is 5.90. The molecule has 0 saturated heterocycles. The summed E-state index contributed by atoms with van der Waals surface area (Å²) in [6.07, 6.45) is 4.02. The fourth-order valence-electron chi connectivity index (χ4n) is 2.75. The molecular formula is C13H17N5O2S. The number of amides is 1. The zero-order valence-corrected chi connectivity index (χ0v) is 12.5. The van der Waals surface area contributed by atoms with Crippen molar-refractivity contribution in [1.82, 2.24) is 25.1 Å². The predicted octanol–water partition coefficient (Wildman–Crippen LogP) is 0.957. The molecule has 0 spiro atoms. The van der Waals surface area contributed by atoms with Crippen LogP contribution >= 0.6 is 11.3 Å². The van der Waals surface area contributed by atoms with Gasteiger partial charge in [0.25, 0.3) is 5.91 Å². The van der Waals surface area contributed by atoms with Gasteiger partial charge in [0.1, 0.15) is 11.2 Å². The van der Waals surface area contributed by atoms with Crippen molar-refractivity contribution in [1.29, 1.82) is 0 Å². The van der Waals surface area contributed by atoms with Crippen molar-refractivity contribution in [2.75, 3.05) is 13.6 Å². The first-order chi connectivity index (χ1) is 10.2. The third-order valence-corrected chi connectivity index (χ3v) is 4.80. The van der Waals surface area contributed by atoms with Gasteiger partial charge in [-0.3, -0.25) is 4.79 Å². The van der Waals surface area contributed by atoms with Crippen LogP contribution in [0.1, 0.15) is 28.9 Å². The Balaban J connectivity index is 1.75. The van der Waals surface area contributed by atoms with E-state index in [2.05, 4.69) is 15.5 Å². The van der Waals surface area contributed by atoms with Crippen LogP contribution in [0.25, 0.3) is 5.69 Å². The van der Waals surface area contributed by atoms with E-state index < -0.39 is 0 Å². The first kappa shape index (κ1) is 14.2. The van der Waals surface area contributed by atoms with Crippen LogP contribution in [-0.4, -0.2) is 55.8 Å². The molecule has 2 unspecified atom stereocenters. The van der Waals surface area contributed by atoms with Gasteiger partial charge in [-0.25, -0.2) is 0 Å². The summed E-state index contributed by atoms with van der Waals surface area (Å²) in [7, 11) is 1.77. The lowest BCUT2D eigenvalue weighted by Crippen LogP contribution is -2.34. The SMILES string of the molecule is CN(CC1CCCC1O)C(=O)c1sccc1-n1cnnn1. The highest BCUT2D eigenvalue weighted by Crippen LogP contribution is 2.27. The van der Waals surface area contributed by atoms with E-state index in [1.807, 2.05) is 11.4 Å². The van der Waals surface area contributed by atoms with E-state index in [1.165, 1.54) is 22.3 Å². The lowest BCUT2D eigenvalue weighted by atomic mass is 10.1. The third-order valence-electron chi connectivity index (χ3n) is 3.91. The molecule has 0 bridgehead atoms. The molecule has 1 amide bonds. The van der Waals surface area contributed by atoms with Gasteiger partial charge in [0.05, 0.1) is 11.8 Å². The molecule has 3 rings (SSSR count). The first-order valence-electron chi connectivity index (χ1n) is 6.91. The van der Waals surface area contributed by atoms with Crippen LogP contribution in [0.15, 0.2) is 17.8 Å². The fraction of sp³-hybridized carbons (Fsp3) is 0.538. The van der Waals surface area contributed by atoms with Crippen molar-refractivity contribution in [3.05, 3.63) is 22.7 Å². The standard InChI is InChI=1S/C13H17N5O2S/c1-17(7-9-3-2-4-11(9)19)13(20)12-10(5-6-21-12)18-8-14-15-16-18/h5-6,8-9,11,19H,2-4,7H2,1H3. The summed E-state index contributed by atoms with van der Waals surface area (Å²) < 4.78 is 1.49. The van der Waals surface area contributed by atoms with Crippen molar-refractivity contribution >= 4 is 17.2 Å². The summed E-state index contributed by atoms with van der Waals surface area (Å²) in [5, 5.41) is 22.8. The minimum absolute atomic E-state index is 0.0606. The molecular weight excluding hydrogens is 290 g/mol. The highest BCUT2D eigenvalue weighted by atomic mass is 32.1. The molecule has 21 heavy (non-hydrogen) atoms. The van der Waals surface area contributed by atoms with Crippen LogP contribution < -0.4 is 0 Å². The molecule has 1 aliphatic rings. The van der Waals surface area contributed by atoms with Gasteiger partial charge < -0.3 is 10.0 Å². The summed E-state index contributed by atoms with van der Waals surface area (Å²) in [4.78, 5) is 14.9. The van der Waals surface area contributed by atoms with E-state index in [1.54, 1.807) is 11.9 Å². The number of nitrogens with zero attached hydrogens (tertiary/aromatic N) is 5. The second-order valence-electron chi connectivity index (χ2n) is 5.33. The van der Waals surface area contributed by atoms with Gasteiger partial charge in [0, 0.05) is 19.5 Å². The lowest BCUT2D eigenvalue weighted by molar-refractivity contribution is 0.0698. The number of thiophene rings is 1. The fourth-order valence-corrected chi connectivity index (χ4v) is 3.62. The van der Waals surface area contributed by atoms with E-state index in [4.69, 9.17) is 0 Å². The number of aliphatic hydroxyl groups excluding tert-OH is 1. The topological polar surface area (TPSA) is 84.1 Å². The number of carbonyl (C=O) groups excluding carboxylic acids is 1. The van der Waals surface area contributed by atoms with E-state index in [9.17, 15) is 9.90 Å². The number of rotatable bonds is 4. The summed E-state index contributed by atoms with van der Waals surface area (Å²) in [6, 6.07) is 1.83. The van der Waals surface area contributed by atoms with Crippen LogP contribution in [0.5, 0.6) is 0 Å². The molecule has 7 nitrogen and oxygen atoms in total. The minimum atomic E-state index is -0.289. The molecule has 1 aliphatic carbocycles. The summed E-state index contributed by atoms with van der Waals surface area (Å²) in [5.74, 6) is 0.116. The van der Waals surface area contributed by atoms with Crippen LogP contribution in [0, 0.1) is 5.92 Å². The van der Waals surface area contributed by atoms with Gasteiger partial charge >= 0.3 is 0 Å². The Hall–Kier alpha value is -1.80. The largest absolute Gasteiger partial charge is 0.393 e. The van der Waals surface area contributed by atoms with Crippen molar-refractivity contribution in [2.45, 2.75) is 25.4 Å². The van der Waals surface area contributed by atoms with E-state index in [0.29, 0.717) is 17.1 Å². The van der Waals surface area contributed by atoms with Gasteiger partial charge in [-0.2, -0.15) is 4.68 Å². The smallest absolute Gasteiger partial charge is 0.265 e. The highest BCUT2D eigenvalue weighted by Gasteiger charge is 2.28. The number of tetrazole rings is 1. The highest BCUT2D eigenvalue weighted by molar-refractivity contribution is 7.12. The quantitative estimate of drug-likeness (QED) is 0.909. The molecule has 0 aromatic carbocycles. The Morgan fingerprint density at radius 2 is 2.43 bits per heavy atom. The van der Waals surface area contributed by atoms with Crippen molar-refractivity contribution in [3.63, 3.8) is 0 Å². The first-order valence-corrected chi connectivity index (χ1v) is 7.79. The van der Waals surface area contributed by atoms with Gasteiger partial charge in [0.15, 0.2) is 0 Å². The number of hydrogen-bond acceptors (Lipinski definition) is 6. The molecule has 0 radical (unpaired) electrons. The molecule has 1 fully saturated rings. The van der Waals surface area contributed by atoms with Crippen LogP contribution in [0.4, 0.5) is 0 Å². The van der Waals surface area contributed by atoms with Crippen LogP contribution in [0.3, 0.4) is 0 Å². The van der Waals surface area contributed by atoms with Crippen molar-refractivity contribution in [2.24, 2.45) is 5.92 Å². The van der Waals surface area contributed by atoms with E-state index >= 15 is 0 Å². The molecule has 1 N–H and O–H groups in total. The Kier molecular flexibility index (Phi) is 3.98. The molecule has 8 heteroatoms. The van der Waals surface area contributed by atoms with Gasteiger partial charge in [0.2, 0.25) is 0 Å². The number of aliphatic hydroxyl groups is 1. The molecule has 1 saturated carbocycles. The Labute approximate surface area is 126 Å². The Morgan fingerprint density at radius 1 is 1.57 bits per heavy atom. The van der Waals surface area contributed by atoms with Crippen molar-refractivity contribution < 1.29 is 9.90 Å². The molecule has 2 aromatic rings. The zero-order chi connectivity index (χ0) is 14.8. The monoisotopic (exact) mass is 307 g/mol. The third kappa shape index (κ3) is 2.81. The number of hydrogen-bond donors (Lipinski definition) is 1. The normalized spacial score (nSPS) is 21.6. The van der Waals surface area contributed by atoms with Gasteiger partial charge in [-0.1, -0.05) is 6.42 Å². The van der Waals surface area contributed by atoms with E-state index in [0.717, 1.165) is 19.3 Å². The molecule has 2 atom stereocenters. The molecule has 2 aromatic heterocycles. The lowest BCUT2D eigenvalue weighted by Gasteiger charge is -2.23. The molecule has 0 aliphatic heterocycles. The molecule has 112 valence electrons. The van der Waals surface area contributed by atoms with Crippen molar-refractivity contribution in [3.8, 4) is 5.69 Å². The minimum Gasteiger partial charge on any atom is -0.393 e. The van der Waals surface area contributed by atoms with Crippen LogP contribution in [0.2, 0.25) is 0 Å². The Bertz CT molecular complexity index is 612.